The maximum atomic E-state index is 15.1. The third kappa shape index (κ3) is 5.58. The molecule has 1 atom stereocenters. The van der Waals surface area contributed by atoms with E-state index < -0.39 is 51.2 Å². The lowest BCUT2D eigenvalue weighted by atomic mass is 9.77. The molecule has 0 bridgehead atoms. The van der Waals surface area contributed by atoms with Gasteiger partial charge in [-0.3, -0.25) is 4.79 Å². The van der Waals surface area contributed by atoms with E-state index in [0.717, 1.165) is 4.90 Å². The summed E-state index contributed by atoms with van der Waals surface area (Å²) in [5, 5.41) is 22.5. The summed E-state index contributed by atoms with van der Waals surface area (Å²) in [6.45, 7) is 1.92. The molecule has 2 aromatic heterocycles. The highest BCUT2D eigenvalue weighted by Crippen LogP contribution is 2.39. The van der Waals surface area contributed by atoms with E-state index in [1.54, 1.807) is 13.0 Å². The fraction of sp³-hybridized carbons (Fsp3) is 0.444. The van der Waals surface area contributed by atoms with Gasteiger partial charge in [-0.25, -0.2) is 32.0 Å². The van der Waals surface area contributed by atoms with Crippen molar-refractivity contribution in [3.05, 3.63) is 63.7 Å². The molecule has 14 heteroatoms. The first-order chi connectivity index (χ1) is 19.3. The molecule has 2 aliphatic heterocycles. The molecule has 0 radical (unpaired) electrons. The van der Waals surface area contributed by atoms with Crippen molar-refractivity contribution in [3.63, 3.8) is 0 Å². The standard InChI is InChI=1S/C27H28F2N6O5S/c1-16(18-3-2-4-19(9-18)27(28,29)11-17-12-35(13-17)25(37)38)33-22-20-10-21(24(36)34-23(20)32-15-31-22)26(14-30)5-7-41(39,40)8-6-26/h2-4,9-10,15-17H,5-8,11-13H2,1H3,(H,37,38)(H2,31,32,33,34,36). The highest BCUT2D eigenvalue weighted by Gasteiger charge is 2.42. The summed E-state index contributed by atoms with van der Waals surface area (Å²) >= 11 is 0. The zero-order valence-corrected chi connectivity index (χ0v) is 22.9. The van der Waals surface area contributed by atoms with Crippen LogP contribution in [0.2, 0.25) is 0 Å². The molecule has 1 aromatic carbocycles. The average molecular weight is 587 g/mol. The molecule has 11 nitrogen and oxygen atoms in total. The van der Waals surface area contributed by atoms with Crippen molar-refractivity contribution in [1.29, 1.82) is 5.26 Å². The minimum absolute atomic E-state index is 0.0104. The maximum Gasteiger partial charge on any atom is 0.407 e. The van der Waals surface area contributed by atoms with Crippen molar-refractivity contribution in [1.82, 2.24) is 19.9 Å². The van der Waals surface area contributed by atoms with Gasteiger partial charge in [0.1, 0.15) is 27.6 Å². The molecule has 1 amide bonds. The van der Waals surface area contributed by atoms with Crippen LogP contribution in [0, 0.1) is 17.2 Å². The van der Waals surface area contributed by atoms with Gasteiger partial charge in [-0.1, -0.05) is 18.2 Å². The third-order valence-electron chi connectivity index (χ3n) is 7.99. The van der Waals surface area contributed by atoms with E-state index in [1.807, 2.05) is 0 Å². The Kier molecular flexibility index (Phi) is 7.19. The lowest BCUT2D eigenvalue weighted by molar-refractivity contribution is -0.0528. The molecule has 216 valence electrons. The lowest BCUT2D eigenvalue weighted by Gasteiger charge is -2.38. The number of carboxylic acid groups (broad SMARTS) is 1. The van der Waals surface area contributed by atoms with Crippen LogP contribution < -0.4 is 10.9 Å². The molecule has 3 aromatic rings. The zero-order valence-electron chi connectivity index (χ0n) is 22.1. The molecule has 3 N–H and O–H groups in total. The van der Waals surface area contributed by atoms with Crippen LogP contribution in [0.4, 0.5) is 19.4 Å². The van der Waals surface area contributed by atoms with Crippen molar-refractivity contribution in [2.45, 2.75) is 43.6 Å². The quantitative estimate of drug-likeness (QED) is 0.375. The van der Waals surface area contributed by atoms with Gasteiger partial charge in [0, 0.05) is 42.6 Å². The molecule has 2 fully saturated rings. The van der Waals surface area contributed by atoms with Crippen LogP contribution >= 0.6 is 0 Å². The number of rotatable bonds is 7. The van der Waals surface area contributed by atoms with Gasteiger partial charge in [0.2, 0.25) is 0 Å². The second kappa shape index (κ2) is 10.4. The number of aromatic amines is 1. The Labute approximate surface area is 234 Å². The largest absolute Gasteiger partial charge is 0.465 e. The molecule has 0 spiro atoms. The number of nitriles is 1. The Balaban J connectivity index is 1.40. The lowest BCUT2D eigenvalue weighted by Crippen LogP contribution is -2.50. The first-order valence-electron chi connectivity index (χ1n) is 13.1. The van der Waals surface area contributed by atoms with E-state index in [1.165, 1.54) is 30.6 Å². The number of likely N-dealkylation sites (tertiary alicyclic amines) is 1. The van der Waals surface area contributed by atoms with Gasteiger partial charge in [0.05, 0.1) is 28.4 Å². The minimum Gasteiger partial charge on any atom is -0.465 e. The number of pyridine rings is 1. The van der Waals surface area contributed by atoms with Gasteiger partial charge in [-0.05, 0) is 37.5 Å². The highest BCUT2D eigenvalue weighted by atomic mass is 32.2. The Morgan fingerprint density at radius 3 is 2.66 bits per heavy atom. The molecule has 0 aliphatic carbocycles. The van der Waals surface area contributed by atoms with Crippen LogP contribution in [0.1, 0.15) is 48.9 Å². The predicted octanol–water partition coefficient (Wildman–Crippen LogP) is 3.55. The molecule has 41 heavy (non-hydrogen) atoms. The number of sulfone groups is 1. The number of amides is 1. The second-order valence-electron chi connectivity index (χ2n) is 10.8. The normalized spacial score (nSPS) is 19.2. The molecule has 0 saturated carbocycles. The van der Waals surface area contributed by atoms with Gasteiger partial charge >= 0.3 is 6.09 Å². The molecule has 1 unspecified atom stereocenters. The Bertz CT molecular complexity index is 1700. The fourth-order valence-corrected chi connectivity index (χ4v) is 7.00. The van der Waals surface area contributed by atoms with Gasteiger partial charge < -0.3 is 20.3 Å². The van der Waals surface area contributed by atoms with E-state index in [4.69, 9.17) is 5.11 Å². The summed E-state index contributed by atoms with van der Waals surface area (Å²) in [5.74, 6) is -3.68. The van der Waals surface area contributed by atoms with E-state index in [9.17, 15) is 23.3 Å². The molecule has 2 aliphatic rings. The molecule has 4 heterocycles. The Hall–Kier alpha value is -4.12. The highest BCUT2D eigenvalue weighted by molar-refractivity contribution is 7.91. The van der Waals surface area contributed by atoms with Crippen molar-refractivity contribution >= 4 is 32.8 Å². The zero-order chi connectivity index (χ0) is 29.6. The summed E-state index contributed by atoms with van der Waals surface area (Å²) in [5.41, 5.74) is -1.12. The van der Waals surface area contributed by atoms with E-state index >= 15 is 8.78 Å². The monoisotopic (exact) mass is 586 g/mol. The van der Waals surface area contributed by atoms with Gasteiger partial charge in [0.25, 0.3) is 11.5 Å². The number of nitrogens with one attached hydrogen (secondary N) is 2. The van der Waals surface area contributed by atoms with Crippen molar-refractivity contribution in [3.8, 4) is 6.07 Å². The summed E-state index contributed by atoms with van der Waals surface area (Å²) in [4.78, 5) is 36.1. The van der Waals surface area contributed by atoms with Gasteiger partial charge in [0.15, 0.2) is 0 Å². The molecular formula is C27H28F2N6O5S. The van der Waals surface area contributed by atoms with Gasteiger partial charge in [-0.15, -0.1) is 0 Å². The smallest absolute Gasteiger partial charge is 0.407 e. The van der Waals surface area contributed by atoms with Crippen LogP contribution in [0.3, 0.4) is 0 Å². The van der Waals surface area contributed by atoms with Crippen molar-refractivity contribution in [2.24, 2.45) is 5.92 Å². The first-order valence-corrected chi connectivity index (χ1v) is 14.9. The number of aromatic nitrogens is 3. The molecular weight excluding hydrogens is 558 g/mol. The summed E-state index contributed by atoms with van der Waals surface area (Å²) in [7, 11) is -3.29. The number of fused-ring (bicyclic) bond motifs is 1. The number of anilines is 1. The number of alkyl halides is 2. The molecule has 5 rings (SSSR count). The van der Waals surface area contributed by atoms with Crippen LogP contribution in [0.5, 0.6) is 0 Å². The maximum absolute atomic E-state index is 15.1. The molecule has 2 saturated heterocycles. The summed E-state index contributed by atoms with van der Waals surface area (Å²) in [6, 6.07) is 9.13. The number of nitrogens with zero attached hydrogens (tertiary/aromatic N) is 4. The van der Waals surface area contributed by atoms with Crippen LogP contribution in [0.25, 0.3) is 11.0 Å². The average Bonchev–Trinajstić information content (AvgIpc) is 2.91. The van der Waals surface area contributed by atoms with Crippen LogP contribution in [-0.4, -0.2) is 64.1 Å². The summed E-state index contributed by atoms with van der Waals surface area (Å²) < 4.78 is 54.2. The van der Waals surface area contributed by atoms with Crippen LogP contribution in [0.15, 0.2) is 41.5 Å². The Morgan fingerprint density at radius 1 is 1.29 bits per heavy atom. The number of hydrogen-bond donors (Lipinski definition) is 3. The van der Waals surface area contributed by atoms with E-state index in [0.29, 0.717) is 16.8 Å². The SMILES string of the molecule is CC(Nc1ncnc2[nH]c(=O)c(C3(C#N)CCS(=O)(=O)CC3)cc12)c1cccc(C(F)(F)CC2CN(C(=O)O)C2)c1. The summed E-state index contributed by atoms with van der Waals surface area (Å²) in [6.07, 6.45) is -0.359. The topological polar surface area (TPSA) is 169 Å². The van der Waals surface area contributed by atoms with Gasteiger partial charge in [-0.2, -0.15) is 5.26 Å². The van der Waals surface area contributed by atoms with E-state index in [-0.39, 0.29) is 54.2 Å². The van der Waals surface area contributed by atoms with Crippen molar-refractivity contribution < 1.29 is 27.1 Å². The van der Waals surface area contributed by atoms with E-state index in [2.05, 4.69) is 26.3 Å². The number of benzene rings is 1. The number of H-pyrrole nitrogens is 1. The Morgan fingerprint density at radius 2 is 2.00 bits per heavy atom. The number of halogens is 2. The first kappa shape index (κ1) is 28.4. The number of carbonyl (C=O) groups is 1. The van der Waals surface area contributed by atoms with Crippen LogP contribution in [-0.2, 0) is 21.2 Å². The predicted molar refractivity (Wildman–Crippen MR) is 145 cm³/mol. The van der Waals surface area contributed by atoms with Crippen molar-refractivity contribution in [2.75, 3.05) is 29.9 Å². The third-order valence-corrected chi connectivity index (χ3v) is 9.65. The minimum atomic E-state index is -3.29. The number of hydrogen-bond acceptors (Lipinski definition) is 8. The fourth-order valence-electron chi connectivity index (χ4n) is 5.47. The second-order valence-corrected chi connectivity index (χ2v) is 13.1.